The van der Waals surface area contributed by atoms with Crippen LogP contribution in [0.15, 0.2) is 0 Å². The minimum atomic E-state index is 0.347. The third kappa shape index (κ3) is 0.878. The van der Waals surface area contributed by atoms with Crippen LogP contribution in [0.1, 0.15) is 38.5 Å². The van der Waals surface area contributed by atoms with E-state index in [4.69, 9.17) is 4.74 Å². The van der Waals surface area contributed by atoms with E-state index in [0.717, 1.165) is 5.92 Å². The average molecular weight is 140 g/mol. The van der Waals surface area contributed by atoms with Crippen LogP contribution < -0.4 is 0 Å². The van der Waals surface area contributed by atoms with Gasteiger partial charge in [-0.1, -0.05) is 12.8 Å². The Labute approximate surface area is 62.8 Å². The number of hydrogen-bond donors (Lipinski definition) is 0. The van der Waals surface area contributed by atoms with Crippen LogP contribution in [0, 0.1) is 5.92 Å². The Kier molecular flexibility index (Phi) is 1.48. The Hall–Kier alpha value is -0.0400. The van der Waals surface area contributed by atoms with Gasteiger partial charge in [0.1, 0.15) is 0 Å². The second-order valence-electron chi connectivity index (χ2n) is 3.75. The molecular weight excluding hydrogens is 124 g/mol. The average Bonchev–Trinajstić information content (AvgIpc) is 2.71. The lowest BCUT2D eigenvalue weighted by Crippen LogP contribution is -2.29. The first-order valence-corrected chi connectivity index (χ1v) is 4.42. The van der Waals surface area contributed by atoms with Gasteiger partial charge in [-0.05, 0) is 31.6 Å². The molecule has 0 unspecified atom stereocenters. The molecule has 0 aromatic heterocycles. The Morgan fingerprint density at radius 1 is 1.20 bits per heavy atom. The van der Waals surface area contributed by atoms with Gasteiger partial charge in [0.25, 0.3) is 0 Å². The van der Waals surface area contributed by atoms with Crippen molar-refractivity contribution in [3.05, 3.63) is 0 Å². The Morgan fingerprint density at radius 2 is 1.80 bits per heavy atom. The molecule has 2 fully saturated rings. The van der Waals surface area contributed by atoms with Crippen molar-refractivity contribution in [2.24, 2.45) is 5.92 Å². The number of hydrogen-bond acceptors (Lipinski definition) is 1. The summed E-state index contributed by atoms with van der Waals surface area (Å²) in [7, 11) is 1.89. The van der Waals surface area contributed by atoms with E-state index in [1.807, 2.05) is 7.11 Å². The highest BCUT2D eigenvalue weighted by molar-refractivity contribution is 4.98. The molecule has 0 spiro atoms. The van der Waals surface area contributed by atoms with Gasteiger partial charge in [0.2, 0.25) is 0 Å². The molecule has 0 atom stereocenters. The summed E-state index contributed by atoms with van der Waals surface area (Å²) in [5, 5.41) is 0. The monoisotopic (exact) mass is 140 g/mol. The summed E-state index contributed by atoms with van der Waals surface area (Å²) >= 11 is 0. The molecule has 0 N–H and O–H groups in total. The van der Waals surface area contributed by atoms with E-state index in [1.54, 1.807) is 0 Å². The van der Waals surface area contributed by atoms with Crippen molar-refractivity contribution in [3.8, 4) is 0 Å². The molecule has 2 aliphatic carbocycles. The van der Waals surface area contributed by atoms with Crippen molar-refractivity contribution in [1.82, 2.24) is 0 Å². The van der Waals surface area contributed by atoms with Gasteiger partial charge in [-0.3, -0.25) is 0 Å². The normalized spacial score (nSPS) is 30.9. The summed E-state index contributed by atoms with van der Waals surface area (Å²) in [6.07, 6.45) is 8.29. The third-order valence-corrected chi connectivity index (χ3v) is 3.18. The van der Waals surface area contributed by atoms with Crippen molar-refractivity contribution >= 4 is 0 Å². The van der Waals surface area contributed by atoms with E-state index in [1.165, 1.54) is 38.5 Å². The lowest BCUT2D eigenvalue weighted by atomic mass is 9.96. The topological polar surface area (TPSA) is 9.23 Å². The highest BCUT2D eigenvalue weighted by Gasteiger charge is 2.46. The fraction of sp³-hybridized carbons (Fsp3) is 1.00. The molecule has 2 aliphatic rings. The van der Waals surface area contributed by atoms with Gasteiger partial charge in [0.15, 0.2) is 0 Å². The molecule has 10 heavy (non-hydrogen) atoms. The molecule has 0 aromatic rings. The second-order valence-corrected chi connectivity index (χ2v) is 3.75. The standard InChI is InChI=1S/C9H16O/c1-10-9(8-4-5-8)6-2-3-7-9/h8H,2-7H2,1H3. The van der Waals surface area contributed by atoms with Crippen LogP contribution in [-0.2, 0) is 4.74 Å². The maximum absolute atomic E-state index is 5.62. The van der Waals surface area contributed by atoms with Crippen LogP contribution in [-0.4, -0.2) is 12.7 Å². The molecule has 58 valence electrons. The van der Waals surface area contributed by atoms with E-state index in [9.17, 15) is 0 Å². The second kappa shape index (κ2) is 2.23. The summed E-state index contributed by atoms with van der Waals surface area (Å²) in [4.78, 5) is 0. The third-order valence-electron chi connectivity index (χ3n) is 3.18. The molecule has 0 aromatic carbocycles. The SMILES string of the molecule is COC1(C2CC2)CCCC1. The molecule has 0 amide bonds. The van der Waals surface area contributed by atoms with Crippen molar-refractivity contribution < 1.29 is 4.74 Å². The van der Waals surface area contributed by atoms with Crippen LogP contribution in [0.3, 0.4) is 0 Å². The molecule has 0 heterocycles. The molecule has 1 heteroatoms. The highest BCUT2D eigenvalue weighted by atomic mass is 16.5. The van der Waals surface area contributed by atoms with Crippen molar-refractivity contribution in [2.45, 2.75) is 44.1 Å². The molecule has 0 bridgehead atoms. The van der Waals surface area contributed by atoms with Crippen LogP contribution in [0.2, 0.25) is 0 Å². The lowest BCUT2D eigenvalue weighted by molar-refractivity contribution is -0.0232. The maximum atomic E-state index is 5.62. The van der Waals surface area contributed by atoms with Gasteiger partial charge in [0.05, 0.1) is 5.60 Å². The zero-order valence-corrected chi connectivity index (χ0v) is 6.73. The Bertz CT molecular complexity index is 121. The fourth-order valence-corrected chi connectivity index (χ4v) is 2.36. The van der Waals surface area contributed by atoms with E-state index in [2.05, 4.69) is 0 Å². The molecule has 2 rings (SSSR count). The molecule has 0 saturated heterocycles. The van der Waals surface area contributed by atoms with Crippen molar-refractivity contribution in [1.29, 1.82) is 0 Å². The maximum Gasteiger partial charge on any atom is 0.0706 e. The summed E-state index contributed by atoms with van der Waals surface area (Å²) in [5.74, 6) is 0.931. The van der Waals surface area contributed by atoms with Gasteiger partial charge < -0.3 is 4.74 Å². The zero-order chi connectivity index (χ0) is 7.03. The number of rotatable bonds is 2. The van der Waals surface area contributed by atoms with Crippen molar-refractivity contribution in [3.63, 3.8) is 0 Å². The molecule has 0 radical (unpaired) electrons. The van der Waals surface area contributed by atoms with Gasteiger partial charge in [-0.25, -0.2) is 0 Å². The zero-order valence-electron chi connectivity index (χ0n) is 6.73. The first-order chi connectivity index (χ1) is 4.87. The highest BCUT2D eigenvalue weighted by Crippen LogP contribution is 2.50. The Morgan fingerprint density at radius 3 is 2.20 bits per heavy atom. The summed E-state index contributed by atoms with van der Waals surface area (Å²) in [6.45, 7) is 0. The number of methoxy groups -OCH3 is 1. The minimum Gasteiger partial charge on any atom is -0.378 e. The summed E-state index contributed by atoms with van der Waals surface area (Å²) in [5.41, 5.74) is 0.347. The Balaban J connectivity index is 2.04. The van der Waals surface area contributed by atoms with Crippen LogP contribution in [0.5, 0.6) is 0 Å². The van der Waals surface area contributed by atoms with Crippen LogP contribution in [0.25, 0.3) is 0 Å². The molecule has 2 saturated carbocycles. The molecular formula is C9H16O. The predicted molar refractivity (Wildman–Crippen MR) is 40.9 cm³/mol. The lowest BCUT2D eigenvalue weighted by Gasteiger charge is -2.26. The van der Waals surface area contributed by atoms with E-state index in [0.29, 0.717) is 5.60 Å². The van der Waals surface area contributed by atoms with E-state index in [-0.39, 0.29) is 0 Å². The van der Waals surface area contributed by atoms with Crippen LogP contribution in [0.4, 0.5) is 0 Å². The minimum absolute atomic E-state index is 0.347. The quantitative estimate of drug-likeness (QED) is 0.572. The van der Waals surface area contributed by atoms with Gasteiger partial charge in [-0.2, -0.15) is 0 Å². The summed E-state index contributed by atoms with van der Waals surface area (Å²) < 4.78 is 5.62. The molecule has 0 aliphatic heterocycles. The van der Waals surface area contributed by atoms with Gasteiger partial charge >= 0.3 is 0 Å². The smallest absolute Gasteiger partial charge is 0.0706 e. The predicted octanol–water partition coefficient (Wildman–Crippen LogP) is 2.36. The largest absolute Gasteiger partial charge is 0.378 e. The summed E-state index contributed by atoms with van der Waals surface area (Å²) in [6, 6.07) is 0. The van der Waals surface area contributed by atoms with E-state index < -0.39 is 0 Å². The van der Waals surface area contributed by atoms with Gasteiger partial charge in [-0.15, -0.1) is 0 Å². The van der Waals surface area contributed by atoms with Crippen molar-refractivity contribution in [2.75, 3.05) is 7.11 Å². The number of ether oxygens (including phenoxy) is 1. The fourth-order valence-electron chi connectivity index (χ4n) is 2.36. The van der Waals surface area contributed by atoms with Crippen LogP contribution >= 0.6 is 0 Å². The molecule has 1 nitrogen and oxygen atoms in total. The first kappa shape index (κ1) is 6.66. The van der Waals surface area contributed by atoms with E-state index >= 15 is 0 Å². The first-order valence-electron chi connectivity index (χ1n) is 4.42. The van der Waals surface area contributed by atoms with Gasteiger partial charge in [0, 0.05) is 7.11 Å².